The van der Waals surface area contributed by atoms with Crippen molar-refractivity contribution >= 4 is 75.8 Å². The van der Waals surface area contributed by atoms with Crippen molar-refractivity contribution in [2.45, 2.75) is 0 Å². The Labute approximate surface area is 300 Å². The van der Waals surface area contributed by atoms with E-state index in [1.54, 1.807) is 0 Å². The summed E-state index contributed by atoms with van der Waals surface area (Å²) in [6.45, 7) is 0. The van der Waals surface area contributed by atoms with Crippen molar-refractivity contribution in [2.24, 2.45) is 0 Å². The van der Waals surface area contributed by atoms with E-state index in [2.05, 4.69) is 182 Å². The molecule has 0 unspecified atom stereocenters. The van der Waals surface area contributed by atoms with E-state index < -0.39 is 0 Å². The standard InChI is InChI=1S/C50H30O.4H2/c1-2-13-32(14-3-1)47-39-17-7-9-19-41(39)48(42-20-10-8-18-40(42)47)36-25-23-33-28-35(24-22-34(33)29-36)45-30-46-44-27-26-31-12-4-5-15-37(31)49(44)51-50(46)43-21-11-6-16-38(43)45;;;;/h1-30H;4*1H. The van der Waals surface area contributed by atoms with E-state index in [-0.39, 0.29) is 5.71 Å². The molecule has 51 heavy (non-hydrogen) atoms. The van der Waals surface area contributed by atoms with Crippen molar-refractivity contribution in [1.82, 2.24) is 0 Å². The number of hydrogen-bond acceptors (Lipinski definition) is 1. The van der Waals surface area contributed by atoms with Crippen molar-refractivity contribution < 1.29 is 10.1 Å². The number of fused-ring (bicyclic) bond motifs is 10. The SMILES string of the molecule is [HH].[HH].[HH].[HH].c1ccc(-c2c3ccccc3c(-c3ccc4cc(-c5cc6c7ccc8ccccc8c7oc6c6ccccc56)ccc4c3)c3ccccc23)cc1. The third kappa shape index (κ3) is 4.22. The molecule has 0 amide bonds. The normalized spacial score (nSPS) is 11.9. The molecule has 0 radical (unpaired) electrons. The van der Waals surface area contributed by atoms with E-state index in [9.17, 15) is 0 Å². The molecule has 244 valence electrons. The average molecular weight is 655 g/mol. The zero-order chi connectivity index (χ0) is 33.5. The Kier molecular flexibility index (Phi) is 6.02. The monoisotopic (exact) mass is 654 g/mol. The van der Waals surface area contributed by atoms with Crippen molar-refractivity contribution in [3.8, 4) is 33.4 Å². The van der Waals surface area contributed by atoms with E-state index in [0.29, 0.717) is 0 Å². The Balaban J connectivity index is 0.00000116. The highest BCUT2D eigenvalue weighted by Crippen LogP contribution is 2.45. The molecule has 0 atom stereocenters. The maximum Gasteiger partial charge on any atom is 0.143 e. The van der Waals surface area contributed by atoms with Gasteiger partial charge in [-0.2, -0.15) is 0 Å². The third-order valence-corrected chi connectivity index (χ3v) is 10.8. The molecule has 1 aromatic heterocycles. The first-order valence-corrected chi connectivity index (χ1v) is 17.6. The first-order chi connectivity index (χ1) is 25.3. The van der Waals surface area contributed by atoms with Crippen molar-refractivity contribution in [2.75, 3.05) is 0 Å². The minimum Gasteiger partial charge on any atom is -0.455 e. The highest BCUT2D eigenvalue weighted by molar-refractivity contribution is 6.24. The molecule has 1 nitrogen and oxygen atoms in total. The summed E-state index contributed by atoms with van der Waals surface area (Å²) in [6, 6.07) is 66.3. The van der Waals surface area contributed by atoms with Gasteiger partial charge in [0, 0.05) is 27.3 Å². The second-order valence-corrected chi connectivity index (χ2v) is 13.6. The summed E-state index contributed by atoms with van der Waals surface area (Å²) < 4.78 is 6.69. The lowest BCUT2D eigenvalue weighted by Gasteiger charge is -2.18. The topological polar surface area (TPSA) is 13.1 Å². The minimum absolute atomic E-state index is 0. The maximum absolute atomic E-state index is 6.69. The highest BCUT2D eigenvalue weighted by Gasteiger charge is 2.18. The molecule has 0 aliphatic carbocycles. The van der Waals surface area contributed by atoms with Crippen LogP contribution in [0.15, 0.2) is 186 Å². The second-order valence-electron chi connectivity index (χ2n) is 13.6. The lowest BCUT2D eigenvalue weighted by molar-refractivity contribution is 0.676. The molecular formula is C50H38O. The zero-order valence-electron chi connectivity index (χ0n) is 27.7. The highest BCUT2D eigenvalue weighted by atomic mass is 16.3. The molecule has 1 heteroatoms. The quantitative estimate of drug-likeness (QED) is 0.173. The number of benzene rings is 10. The van der Waals surface area contributed by atoms with E-state index >= 15 is 0 Å². The molecule has 0 aliphatic heterocycles. The summed E-state index contributed by atoms with van der Waals surface area (Å²) in [5.74, 6) is 0. The Morgan fingerprint density at radius 2 is 0.745 bits per heavy atom. The van der Waals surface area contributed by atoms with Gasteiger partial charge in [0.25, 0.3) is 0 Å². The van der Waals surface area contributed by atoms with Gasteiger partial charge in [0.1, 0.15) is 11.2 Å². The molecule has 0 fully saturated rings. The average Bonchev–Trinajstić information content (AvgIpc) is 3.59. The van der Waals surface area contributed by atoms with Crippen LogP contribution in [0.25, 0.3) is 109 Å². The predicted octanol–water partition coefficient (Wildman–Crippen LogP) is 15.3. The van der Waals surface area contributed by atoms with Crippen LogP contribution in [0.1, 0.15) is 5.71 Å². The van der Waals surface area contributed by atoms with Crippen LogP contribution in [0.5, 0.6) is 0 Å². The molecule has 0 spiro atoms. The van der Waals surface area contributed by atoms with E-state index in [1.165, 1.54) is 76.5 Å². The van der Waals surface area contributed by atoms with Gasteiger partial charge >= 0.3 is 0 Å². The van der Waals surface area contributed by atoms with E-state index in [0.717, 1.165) is 32.7 Å². The smallest absolute Gasteiger partial charge is 0.143 e. The molecule has 0 saturated carbocycles. The Hall–Kier alpha value is -6.70. The van der Waals surface area contributed by atoms with Gasteiger partial charge in [0.05, 0.1) is 0 Å². The first-order valence-electron chi connectivity index (χ1n) is 17.6. The maximum atomic E-state index is 6.69. The molecule has 0 bridgehead atoms. The van der Waals surface area contributed by atoms with Crippen molar-refractivity contribution in [3.63, 3.8) is 0 Å². The summed E-state index contributed by atoms with van der Waals surface area (Å²) in [4.78, 5) is 0. The van der Waals surface area contributed by atoms with Crippen LogP contribution in [0.3, 0.4) is 0 Å². The molecule has 1 heterocycles. The van der Waals surface area contributed by atoms with Crippen LogP contribution >= 0.6 is 0 Å². The van der Waals surface area contributed by atoms with Gasteiger partial charge < -0.3 is 4.42 Å². The van der Waals surface area contributed by atoms with Gasteiger partial charge in [-0.25, -0.2) is 0 Å². The number of hydrogen-bond donors (Lipinski definition) is 0. The second kappa shape index (κ2) is 10.9. The summed E-state index contributed by atoms with van der Waals surface area (Å²) in [5.41, 5.74) is 9.36. The fraction of sp³-hybridized carbons (Fsp3) is 0. The summed E-state index contributed by atoms with van der Waals surface area (Å²) in [6.07, 6.45) is 0. The van der Waals surface area contributed by atoms with Gasteiger partial charge in [-0.15, -0.1) is 0 Å². The fourth-order valence-corrected chi connectivity index (χ4v) is 8.49. The van der Waals surface area contributed by atoms with Gasteiger partial charge in [-0.1, -0.05) is 158 Å². The minimum atomic E-state index is 0. The van der Waals surface area contributed by atoms with Gasteiger partial charge in [0.15, 0.2) is 0 Å². The van der Waals surface area contributed by atoms with Crippen LogP contribution in [-0.4, -0.2) is 0 Å². The van der Waals surface area contributed by atoms with Crippen LogP contribution < -0.4 is 0 Å². The molecule has 11 aromatic rings. The van der Waals surface area contributed by atoms with Crippen LogP contribution in [0.4, 0.5) is 0 Å². The van der Waals surface area contributed by atoms with Crippen molar-refractivity contribution in [1.29, 1.82) is 0 Å². The fourth-order valence-electron chi connectivity index (χ4n) is 8.49. The van der Waals surface area contributed by atoms with Gasteiger partial charge in [-0.05, 0) is 101 Å². The third-order valence-electron chi connectivity index (χ3n) is 10.8. The zero-order valence-corrected chi connectivity index (χ0v) is 27.7. The van der Waals surface area contributed by atoms with E-state index in [4.69, 9.17) is 4.42 Å². The number of furan rings is 1. The molecule has 0 saturated heterocycles. The van der Waals surface area contributed by atoms with Gasteiger partial charge in [0.2, 0.25) is 0 Å². The van der Waals surface area contributed by atoms with Crippen LogP contribution in [-0.2, 0) is 0 Å². The molecule has 11 rings (SSSR count). The molecule has 10 aromatic carbocycles. The van der Waals surface area contributed by atoms with Crippen LogP contribution in [0, 0.1) is 0 Å². The van der Waals surface area contributed by atoms with Gasteiger partial charge in [-0.3, -0.25) is 0 Å². The molecular weight excluding hydrogens is 617 g/mol. The first kappa shape index (κ1) is 28.2. The Bertz CT molecular complexity index is 3150. The lowest BCUT2D eigenvalue weighted by Crippen LogP contribution is -1.91. The summed E-state index contributed by atoms with van der Waals surface area (Å²) in [7, 11) is 0. The summed E-state index contributed by atoms with van der Waals surface area (Å²) >= 11 is 0. The Morgan fingerprint density at radius 1 is 0.275 bits per heavy atom. The van der Waals surface area contributed by atoms with Crippen molar-refractivity contribution in [3.05, 3.63) is 182 Å². The van der Waals surface area contributed by atoms with Crippen LogP contribution in [0.2, 0.25) is 0 Å². The predicted molar refractivity (Wildman–Crippen MR) is 226 cm³/mol. The lowest BCUT2D eigenvalue weighted by atomic mass is 9.85. The molecule has 0 N–H and O–H groups in total. The molecule has 0 aliphatic rings. The van der Waals surface area contributed by atoms with E-state index in [1.807, 2.05) is 0 Å². The largest absolute Gasteiger partial charge is 0.455 e. The number of rotatable bonds is 3. The summed E-state index contributed by atoms with van der Waals surface area (Å²) in [5, 5.41) is 14.5. The Morgan fingerprint density at radius 3 is 1.43 bits per heavy atom.